The van der Waals surface area contributed by atoms with Gasteiger partial charge in [-0.2, -0.15) is 0 Å². The molecule has 146 heavy (non-hydrogen) atoms. The minimum absolute atomic E-state index is 0.00703. The number of hydrogen-bond acceptors (Lipinski definition) is 37. The number of nitrogens with zero attached hydrogens (tertiary/aromatic N) is 4. The van der Waals surface area contributed by atoms with Gasteiger partial charge in [0.15, 0.2) is 25.2 Å². The Morgan fingerprint density at radius 1 is 0.534 bits per heavy atom. The maximum absolute atomic E-state index is 14.5. The van der Waals surface area contributed by atoms with Crippen LogP contribution in [0.4, 0.5) is 5.69 Å². The molecule has 0 spiro atoms. The predicted octanol–water partition coefficient (Wildman–Crippen LogP) is 8.55. The molecule has 1 aliphatic carbocycles. The van der Waals surface area contributed by atoms with E-state index >= 15 is 0 Å². The molecule has 3 rings (SSSR count). The van der Waals surface area contributed by atoms with Crippen LogP contribution < -0.4 is 26.6 Å². The van der Waals surface area contributed by atoms with Crippen LogP contribution in [-0.2, 0) is 130 Å². The number of ketones is 1. The Bertz CT molecular complexity index is 3930. The van der Waals surface area contributed by atoms with Crippen molar-refractivity contribution in [2.24, 2.45) is 35.5 Å². The molecule has 43 nitrogen and oxygen atoms in total. The van der Waals surface area contributed by atoms with Crippen LogP contribution in [0.25, 0.3) is 0 Å². The van der Waals surface area contributed by atoms with E-state index in [1.54, 1.807) is 42.8 Å². The van der Waals surface area contributed by atoms with E-state index in [4.69, 9.17) is 86.7 Å². The molecule has 1 saturated carbocycles. The van der Waals surface area contributed by atoms with Crippen LogP contribution in [0.15, 0.2) is 53.7 Å². The van der Waals surface area contributed by atoms with Gasteiger partial charge in [-0.05, 0) is 151 Å². The van der Waals surface area contributed by atoms with Gasteiger partial charge in [-0.15, -0.1) is 0 Å². The summed E-state index contributed by atoms with van der Waals surface area (Å²) in [7, 11) is 17.1. The Labute approximate surface area is 870 Å². The summed E-state index contributed by atoms with van der Waals surface area (Å²) in [5, 5.41) is 79.0. The fraction of sp³-hybridized carbons (Fsp3) is 0.772. The summed E-state index contributed by atoms with van der Waals surface area (Å²) < 4.78 is 74.3. The predicted molar refractivity (Wildman–Crippen MR) is 547 cm³/mol. The van der Waals surface area contributed by atoms with Crippen molar-refractivity contribution in [3.63, 3.8) is 0 Å². The number of hydrogen-bond donors (Lipinski definition) is 11. The van der Waals surface area contributed by atoms with Gasteiger partial charge in [0, 0.05) is 144 Å². The number of amides is 6. The number of aliphatic carboxylic acids is 1. The molecule has 9 unspecified atom stereocenters. The number of rotatable bonds is 76. The fourth-order valence-corrected chi connectivity index (χ4v) is 17.4. The third-order valence-electron chi connectivity index (χ3n) is 24.1. The fourth-order valence-electron chi connectivity index (χ4n) is 15.2. The number of carboxylic acids is 1. The number of ether oxygens (including phenoxy) is 14. The zero-order chi connectivity index (χ0) is 110. The smallest absolute Gasteiger partial charge is 0.328 e. The average Bonchev–Trinajstić information content (AvgIpc) is 1.55. The second-order valence-corrected chi connectivity index (χ2v) is 39.7. The number of methoxy groups -OCH3 is 6. The molecule has 840 valence electrons. The standard InChI is InChI=1S/C56H95N5O14.C26H42N4O9S2.C12H22O7.C7H16O4/c1-15-37(7)51(61(11)55(68)49(35(3)4)59-54(67)50(36(5)6)60(9)10)45(70-12)32-44(63)41-25-20-26-42(41)52(72-14)38(8)53(66)58-43(31-39-23-18-17-19-24-39)56(69)73-30-22-29-57-46(64)27-21-28-47(65)74-34-48(71-13)75-40(16-2)33-62;1-5-20(17-31)39-25(37-4)18-38-24(34)9-6-8-21(32)27-14-7-15-28-22(33)12-13-26(2,3)41-40-23-11-10-19(16-29-23)30(35)36;1-3-9(7-13)19-12(17-2)8-18-11(16)6-4-5-10(14)15;1-3-6(4-8)11-7(5-9)10-2/h17-19,23-24,35-38,40-43,45,48-52,62H,15-16,20-22,25-34H2,1-14H3,(H,57,64)(H,58,66)(H,59,67);10-11,16,20,25,31H,5-9,12-15,17-18H2,1-4H3,(H,27,32)(H,28,33);9,12-13H,3-8H2,1-2H3,(H,14,15);6-9H,3-5H2,1-2H3/t37-,38+,40?,41?,42+,43-,45+,48?,49-,50-,51-,52+;;;/m0.../s1. The number of aliphatic hydroxyl groups excluding tert-OH is 5. The van der Waals surface area contributed by atoms with Crippen molar-refractivity contribution in [2.75, 3.05) is 143 Å². The number of esters is 4. The van der Waals surface area contributed by atoms with E-state index in [9.17, 15) is 77.9 Å². The van der Waals surface area contributed by atoms with Crippen molar-refractivity contribution in [1.29, 1.82) is 0 Å². The van der Waals surface area contributed by atoms with E-state index < -0.39 is 126 Å². The first kappa shape index (κ1) is 138. The highest BCUT2D eigenvalue weighted by Crippen LogP contribution is 2.43. The second-order valence-electron chi connectivity index (χ2n) is 36.8. The summed E-state index contributed by atoms with van der Waals surface area (Å²) in [6.45, 7) is 25.0. The van der Waals surface area contributed by atoms with Crippen molar-refractivity contribution in [1.82, 2.24) is 41.4 Å². The van der Waals surface area contributed by atoms with Gasteiger partial charge in [0.2, 0.25) is 35.4 Å². The lowest BCUT2D eigenvalue weighted by Crippen LogP contribution is -2.59. The number of likely N-dealkylation sites (N-methyl/N-ethyl adjacent to an activating group) is 2. The van der Waals surface area contributed by atoms with Gasteiger partial charge in [0.1, 0.15) is 48.9 Å². The lowest BCUT2D eigenvalue weighted by atomic mass is 9.79. The average molecular weight is 2120 g/mol. The molecule has 0 aliphatic heterocycles. The third kappa shape index (κ3) is 58.7. The van der Waals surface area contributed by atoms with Crippen molar-refractivity contribution in [3.05, 3.63) is 64.3 Å². The van der Waals surface area contributed by atoms with E-state index in [1.165, 1.54) is 58.6 Å². The molecule has 6 amide bonds. The van der Waals surface area contributed by atoms with Gasteiger partial charge < -0.3 is 128 Å². The molecule has 1 aromatic heterocycles. The highest BCUT2D eigenvalue weighted by Gasteiger charge is 2.46. The largest absolute Gasteiger partial charge is 0.481 e. The lowest BCUT2D eigenvalue weighted by Gasteiger charge is -2.40. The van der Waals surface area contributed by atoms with Gasteiger partial charge >= 0.3 is 29.8 Å². The topological polar surface area (TPSA) is 578 Å². The summed E-state index contributed by atoms with van der Waals surface area (Å²) in [6, 6.07) is 9.49. The molecule has 1 aromatic carbocycles. The molecule has 45 heteroatoms. The van der Waals surface area contributed by atoms with Gasteiger partial charge in [-0.1, -0.05) is 130 Å². The van der Waals surface area contributed by atoms with Gasteiger partial charge in [0.05, 0.1) is 99.2 Å². The number of nitro groups is 1. The Morgan fingerprint density at radius 3 is 1.40 bits per heavy atom. The molecule has 2 aromatic rings. The first-order valence-electron chi connectivity index (χ1n) is 50.5. The van der Waals surface area contributed by atoms with Crippen molar-refractivity contribution >= 4 is 98.3 Å². The number of aromatic nitrogens is 1. The molecule has 11 N–H and O–H groups in total. The Hall–Kier alpha value is -8.33. The van der Waals surface area contributed by atoms with E-state index in [0.717, 1.165) is 12.0 Å². The van der Waals surface area contributed by atoms with Gasteiger partial charge in [-0.25, -0.2) is 9.78 Å². The highest BCUT2D eigenvalue weighted by molar-refractivity contribution is 8.77. The third-order valence-corrected chi connectivity index (χ3v) is 27.3. The molecular formula is C101H175N9O34S2. The zero-order valence-electron chi connectivity index (χ0n) is 90.1. The molecule has 0 bridgehead atoms. The summed E-state index contributed by atoms with van der Waals surface area (Å²) >= 11 is 0. The molecule has 0 saturated heterocycles. The first-order chi connectivity index (χ1) is 69.4. The summed E-state index contributed by atoms with van der Waals surface area (Å²) in [4.78, 5) is 170. The Morgan fingerprint density at radius 2 is 1.00 bits per heavy atom. The monoisotopic (exact) mass is 2120 g/mol. The van der Waals surface area contributed by atoms with Crippen LogP contribution in [-0.4, -0.2) is 355 Å². The van der Waals surface area contributed by atoms with Gasteiger partial charge in [0.25, 0.3) is 5.69 Å². The maximum Gasteiger partial charge on any atom is 0.328 e. The van der Waals surface area contributed by atoms with Crippen LogP contribution in [0.3, 0.4) is 0 Å². The zero-order valence-corrected chi connectivity index (χ0v) is 91.8. The Kier molecular flexibility index (Phi) is 76.0. The molecule has 1 aliphatic rings. The Balaban J connectivity index is 0.00000243. The van der Waals surface area contributed by atoms with E-state index in [1.807, 2.05) is 132 Å². The minimum Gasteiger partial charge on any atom is -0.481 e. The number of Topliss-reactive ketones (excluding diaryl/α,β-unsaturated/α-hetero) is 1. The van der Waals surface area contributed by atoms with Crippen molar-refractivity contribution in [2.45, 2.75) is 333 Å². The van der Waals surface area contributed by atoms with Crippen LogP contribution in [0, 0.1) is 45.6 Å². The number of carboxylic acid groups (broad SMARTS) is 1. The second kappa shape index (κ2) is 80.6. The van der Waals surface area contributed by atoms with Gasteiger partial charge in [-0.3, -0.25) is 67.8 Å². The molecule has 1 heterocycles. The van der Waals surface area contributed by atoms with Crippen molar-refractivity contribution < 1.29 is 159 Å². The minimum atomic E-state index is -1.04. The SMILES string of the molecule is CCC(CO)OC(CO)OC.CCC(CO)OC(COC(=O)CCCC(=O)NCCCNC(=O)CCC(C)(C)SSc1ccc([N+](=O)[O-])cn1)OC.CCC(CO)OC(COC(=O)CCCC(=O)NCCCOC(=O)[C@H](Cc1ccccc1)NC(=O)[C@H](C)[C@@H](OC)[C@@H]1CCCC1C(=O)C[C@@H](OC)[C@H]([C@@H](C)CC)N(C)C(=O)[C@@H](NC(=O)[C@H](C(C)C)N(C)C)C(C)C)OC.CCC(CO)OC(COC(=O)CCCC(=O)O)OC. The van der Waals surface area contributed by atoms with Crippen LogP contribution in [0.2, 0.25) is 0 Å². The van der Waals surface area contributed by atoms with Crippen molar-refractivity contribution in [3.8, 4) is 0 Å². The van der Waals surface area contributed by atoms with Crippen LogP contribution >= 0.6 is 21.6 Å². The summed E-state index contributed by atoms with van der Waals surface area (Å²) in [5.74, 6) is -6.35. The number of nitrogens with one attached hydrogen (secondary N) is 5. The number of aliphatic hydroxyl groups is 5. The maximum atomic E-state index is 14.5. The quantitative estimate of drug-likeness (QED) is 0.00561. The van der Waals surface area contributed by atoms with E-state index in [0.29, 0.717) is 95.2 Å². The van der Waals surface area contributed by atoms with Crippen LogP contribution in [0.5, 0.6) is 0 Å². The summed E-state index contributed by atoms with van der Waals surface area (Å²) in [5.41, 5.74) is 0.744. The number of carbonyl (C=O) groups is 12. The molecule has 0 radical (unpaired) electrons. The number of benzene rings is 1. The summed E-state index contributed by atoms with van der Waals surface area (Å²) in [6.07, 6.45) is 3.85. The molecular weight excluding hydrogens is 1950 g/mol. The highest BCUT2D eigenvalue weighted by atomic mass is 33.1. The molecule has 1 fully saturated rings. The normalized spacial score (nSPS) is 16.2. The van der Waals surface area contributed by atoms with Crippen LogP contribution in [0.1, 0.15) is 237 Å². The number of carbonyl (C=O) groups excluding carboxylic acids is 11. The lowest BCUT2D eigenvalue weighted by molar-refractivity contribution is -0.385. The van der Waals surface area contributed by atoms with E-state index in [2.05, 4.69) is 31.6 Å². The molecule has 18 atom stereocenters. The first-order valence-corrected chi connectivity index (χ1v) is 52.6. The number of pyridine rings is 1. The van der Waals surface area contributed by atoms with E-state index in [-0.39, 0.29) is 212 Å².